The van der Waals surface area contributed by atoms with E-state index in [2.05, 4.69) is 5.32 Å². The van der Waals surface area contributed by atoms with Gasteiger partial charge in [0.05, 0.1) is 0 Å². The molecule has 2 aliphatic rings. The molecule has 3 heteroatoms. The zero-order valence-corrected chi connectivity index (χ0v) is 9.37. The summed E-state index contributed by atoms with van der Waals surface area (Å²) in [6.45, 7) is 0.718. The maximum Gasteiger partial charge on any atom is 0.223 e. The van der Waals surface area contributed by atoms with Gasteiger partial charge in [0.15, 0.2) is 0 Å². The van der Waals surface area contributed by atoms with E-state index in [1.165, 1.54) is 25.7 Å². The number of rotatable bonds is 3. The van der Waals surface area contributed by atoms with E-state index in [9.17, 15) is 4.79 Å². The number of hydrogen-bond acceptors (Lipinski definition) is 2. The van der Waals surface area contributed by atoms with Crippen LogP contribution in [-0.4, -0.2) is 18.5 Å². The van der Waals surface area contributed by atoms with Gasteiger partial charge in [-0.25, -0.2) is 0 Å². The lowest BCUT2D eigenvalue weighted by Crippen LogP contribution is -2.47. The van der Waals surface area contributed by atoms with Crippen LogP contribution in [0, 0.1) is 11.8 Å². The Morgan fingerprint density at radius 3 is 2.47 bits per heavy atom. The second-order valence-corrected chi connectivity index (χ2v) is 5.02. The topological polar surface area (TPSA) is 55.1 Å². The number of nitrogens with one attached hydrogen (secondary N) is 1. The highest BCUT2D eigenvalue weighted by molar-refractivity contribution is 5.79. The summed E-state index contributed by atoms with van der Waals surface area (Å²) in [5.41, 5.74) is 5.74. The summed E-state index contributed by atoms with van der Waals surface area (Å²) in [6, 6.07) is 0.358. The van der Waals surface area contributed by atoms with Crippen molar-refractivity contribution in [3.8, 4) is 0 Å². The van der Waals surface area contributed by atoms with Gasteiger partial charge in [-0.05, 0) is 38.1 Å². The van der Waals surface area contributed by atoms with E-state index in [4.69, 9.17) is 5.73 Å². The molecule has 2 fully saturated rings. The van der Waals surface area contributed by atoms with E-state index in [1.54, 1.807) is 0 Å². The predicted octanol–water partition coefficient (Wildman–Crippen LogP) is 1.42. The van der Waals surface area contributed by atoms with Gasteiger partial charge in [-0.2, -0.15) is 0 Å². The molecule has 0 spiro atoms. The minimum absolute atomic E-state index is 0.284. The lowest BCUT2D eigenvalue weighted by atomic mass is 9.81. The summed E-state index contributed by atoms with van der Waals surface area (Å²) < 4.78 is 0. The van der Waals surface area contributed by atoms with Crippen LogP contribution in [0.5, 0.6) is 0 Å². The fourth-order valence-electron chi connectivity index (χ4n) is 2.65. The minimum Gasteiger partial charge on any atom is -0.353 e. The first-order valence-electron chi connectivity index (χ1n) is 6.31. The van der Waals surface area contributed by atoms with Crippen LogP contribution < -0.4 is 11.1 Å². The Labute approximate surface area is 91.8 Å². The maximum atomic E-state index is 11.8. The van der Waals surface area contributed by atoms with E-state index in [0.717, 1.165) is 25.8 Å². The number of hydrogen-bond donors (Lipinski definition) is 2. The lowest BCUT2D eigenvalue weighted by molar-refractivity contribution is -0.128. The van der Waals surface area contributed by atoms with Crippen molar-refractivity contribution in [2.24, 2.45) is 17.6 Å². The molecule has 0 aliphatic heterocycles. The SMILES string of the molecule is NCC1CCCCC1NC(=O)C1CCC1. The Kier molecular flexibility index (Phi) is 3.62. The van der Waals surface area contributed by atoms with Crippen LogP contribution >= 0.6 is 0 Å². The number of nitrogens with two attached hydrogens (primary N) is 1. The van der Waals surface area contributed by atoms with Gasteiger partial charge in [-0.15, -0.1) is 0 Å². The first-order valence-corrected chi connectivity index (χ1v) is 6.31. The summed E-state index contributed by atoms with van der Waals surface area (Å²) >= 11 is 0. The molecule has 15 heavy (non-hydrogen) atoms. The summed E-state index contributed by atoms with van der Waals surface area (Å²) in [4.78, 5) is 11.8. The molecule has 3 nitrogen and oxygen atoms in total. The molecule has 0 aromatic rings. The molecule has 2 aliphatic carbocycles. The third-order valence-electron chi connectivity index (χ3n) is 4.02. The van der Waals surface area contributed by atoms with Gasteiger partial charge >= 0.3 is 0 Å². The van der Waals surface area contributed by atoms with E-state index in [0.29, 0.717) is 17.9 Å². The Balaban J connectivity index is 1.82. The second-order valence-electron chi connectivity index (χ2n) is 5.02. The molecule has 0 saturated heterocycles. The third-order valence-corrected chi connectivity index (χ3v) is 4.02. The van der Waals surface area contributed by atoms with Gasteiger partial charge in [0.25, 0.3) is 0 Å². The minimum atomic E-state index is 0.284. The summed E-state index contributed by atoms with van der Waals surface area (Å²) in [7, 11) is 0. The fourth-order valence-corrected chi connectivity index (χ4v) is 2.65. The zero-order valence-electron chi connectivity index (χ0n) is 9.37. The fraction of sp³-hybridized carbons (Fsp3) is 0.917. The monoisotopic (exact) mass is 210 g/mol. The molecule has 0 heterocycles. The normalized spacial score (nSPS) is 32.1. The van der Waals surface area contributed by atoms with E-state index in [1.807, 2.05) is 0 Å². The van der Waals surface area contributed by atoms with Crippen molar-refractivity contribution in [3.63, 3.8) is 0 Å². The van der Waals surface area contributed by atoms with Crippen LogP contribution in [0.25, 0.3) is 0 Å². The van der Waals surface area contributed by atoms with Crippen molar-refractivity contribution in [3.05, 3.63) is 0 Å². The highest BCUT2D eigenvalue weighted by Gasteiger charge is 2.30. The zero-order chi connectivity index (χ0) is 10.7. The Bertz CT molecular complexity index is 226. The van der Waals surface area contributed by atoms with Crippen molar-refractivity contribution in [1.82, 2.24) is 5.32 Å². The highest BCUT2D eigenvalue weighted by Crippen LogP contribution is 2.28. The van der Waals surface area contributed by atoms with Crippen LogP contribution in [0.15, 0.2) is 0 Å². The number of carbonyl (C=O) groups excluding carboxylic acids is 1. The van der Waals surface area contributed by atoms with Gasteiger partial charge < -0.3 is 11.1 Å². The standard InChI is InChI=1S/C12H22N2O/c13-8-10-4-1-2-7-11(10)14-12(15)9-5-3-6-9/h9-11H,1-8,13H2,(H,14,15). The summed E-state index contributed by atoms with van der Waals surface area (Å²) in [5.74, 6) is 1.11. The predicted molar refractivity (Wildman–Crippen MR) is 60.3 cm³/mol. The molecule has 86 valence electrons. The molecule has 2 saturated carbocycles. The highest BCUT2D eigenvalue weighted by atomic mass is 16.2. The van der Waals surface area contributed by atoms with Gasteiger partial charge in [0.2, 0.25) is 5.91 Å². The summed E-state index contributed by atoms with van der Waals surface area (Å²) in [6.07, 6.45) is 8.23. The lowest BCUT2D eigenvalue weighted by Gasteiger charge is -2.34. The van der Waals surface area contributed by atoms with Gasteiger partial charge in [0, 0.05) is 12.0 Å². The molecule has 2 rings (SSSR count). The molecule has 0 radical (unpaired) electrons. The number of amides is 1. The average Bonchev–Trinajstić information content (AvgIpc) is 2.15. The molecular weight excluding hydrogens is 188 g/mol. The largest absolute Gasteiger partial charge is 0.353 e. The second kappa shape index (κ2) is 4.97. The molecular formula is C12H22N2O. The molecule has 2 unspecified atom stereocenters. The van der Waals surface area contributed by atoms with E-state index in [-0.39, 0.29) is 5.91 Å². The van der Waals surface area contributed by atoms with Crippen LogP contribution in [-0.2, 0) is 4.79 Å². The van der Waals surface area contributed by atoms with Gasteiger partial charge in [-0.1, -0.05) is 19.3 Å². The Hall–Kier alpha value is -0.570. The Morgan fingerprint density at radius 2 is 1.87 bits per heavy atom. The van der Waals surface area contributed by atoms with Crippen LogP contribution in [0.3, 0.4) is 0 Å². The average molecular weight is 210 g/mol. The van der Waals surface area contributed by atoms with Crippen molar-refractivity contribution in [1.29, 1.82) is 0 Å². The van der Waals surface area contributed by atoms with Crippen LogP contribution in [0.2, 0.25) is 0 Å². The summed E-state index contributed by atoms with van der Waals surface area (Å²) in [5, 5.41) is 3.20. The first-order chi connectivity index (χ1) is 7.31. The smallest absolute Gasteiger partial charge is 0.223 e. The molecule has 3 N–H and O–H groups in total. The van der Waals surface area contributed by atoms with Gasteiger partial charge in [0.1, 0.15) is 0 Å². The number of carbonyl (C=O) groups is 1. The van der Waals surface area contributed by atoms with Crippen molar-refractivity contribution >= 4 is 5.91 Å². The molecule has 2 atom stereocenters. The molecule has 0 bridgehead atoms. The van der Waals surface area contributed by atoms with Crippen molar-refractivity contribution in [2.45, 2.75) is 51.0 Å². The van der Waals surface area contributed by atoms with Crippen molar-refractivity contribution < 1.29 is 4.79 Å². The molecule has 1 amide bonds. The molecule has 0 aromatic heterocycles. The Morgan fingerprint density at radius 1 is 1.13 bits per heavy atom. The van der Waals surface area contributed by atoms with Crippen LogP contribution in [0.4, 0.5) is 0 Å². The van der Waals surface area contributed by atoms with E-state index < -0.39 is 0 Å². The molecule has 0 aromatic carbocycles. The van der Waals surface area contributed by atoms with Crippen LogP contribution in [0.1, 0.15) is 44.9 Å². The first kappa shape index (κ1) is 10.9. The quantitative estimate of drug-likeness (QED) is 0.740. The van der Waals surface area contributed by atoms with E-state index >= 15 is 0 Å². The maximum absolute atomic E-state index is 11.8. The van der Waals surface area contributed by atoms with Crippen molar-refractivity contribution in [2.75, 3.05) is 6.54 Å². The van der Waals surface area contributed by atoms with Gasteiger partial charge in [-0.3, -0.25) is 4.79 Å². The third kappa shape index (κ3) is 2.51.